The summed E-state index contributed by atoms with van der Waals surface area (Å²) in [6.45, 7) is 0. The normalized spacial score (nSPS) is 16.8. The van der Waals surface area contributed by atoms with Crippen LogP contribution in [0.15, 0.2) is 30.5 Å². The third-order valence-corrected chi connectivity index (χ3v) is 3.56. The van der Waals surface area contributed by atoms with Gasteiger partial charge in [-0.15, -0.1) is 0 Å². The zero-order valence-electron chi connectivity index (χ0n) is 11.2. The van der Waals surface area contributed by atoms with Crippen molar-refractivity contribution in [1.29, 1.82) is 0 Å². The van der Waals surface area contributed by atoms with E-state index in [1.807, 2.05) is 0 Å². The van der Waals surface area contributed by atoms with Crippen LogP contribution in [-0.4, -0.2) is 0 Å². The molecule has 2 aromatic rings. The van der Waals surface area contributed by atoms with Gasteiger partial charge >= 0.3 is 0 Å². The van der Waals surface area contributed by atoms with Crippen LogP contribution in [0.2, 0.25) is 0 Å². The zero-order chi connectivity index (χ0) is 16.0. The minimum Gasteiger partial charge on any atom is -0.398 e. The maximum absolute atomic E-state index is 13.9. The van der Waals surface area contributed by atoms with Crippen LogP contribution >= 0.6 is 0 Å². The Balaban J connectivity index is 2.13. The Bertz CT molecular complexity index is 789. The van der Waals surface area contributed by atoms with Crippen molar-refractivity contribution in [3.8, 4) is 0 Å². The first kappa shape index (κ1) is 14.4. The lowest BCUT2D eigenvalue weighted by molar-refractivity contribution is 0.408. The summed E-state index contributed by atoms with van der Waals surface area (Å²) >= 11 is 0. The van der Waals surface area contributed by atoms with Crippen LogP contribution in [0.1, 0.15) is 17.3 Å². The van der Waals surface area contributed by atoms with E-state index < -0.39 is 35.1 Å². The first-order chi connectivity index (χ1) is 10.4. The lowest BCUT2D eigenvalue weighted by Gasteiger charge is -2.32. The summed E-state index contributed by atoms with van der Waals surface area (Å²) in [5.41, 5.74) is 13.0. The minimum atomic E-state index is -1.88. The van der Waals surface area contributed by atoms with E-state index in [4.69, 9.17) is 11.5 Å². The Labute approximate surface area is 123 Å². The second kappa shape index (κ2) is 5.03. The highest BCUT2D eigenvalue weighted by Crippen LogP contribution is 2.36. The molecule has 7 heteroatoms. The van der Waals surface area contributed by atoms with Crippen molar-refractivity contribution in [1.82, 2.24) is 0 Å². The summed E-state index contributed by atoms with van der Waals surface area (Å²) in [5.74, 6) is -6.74. The maximum atomic E-state index is 13.9. The highest BCUT2D eigenvalue weighted by Gasteiger charge is 2.28. The Hall–Kier alpha value is -2.54. The lowest BCUT2D eigenvalue weighted by Crippen LogP contribution is -2.34. The number of nitrogens with two attached hydrogens (primary N) is 2. The van der Waals surface area contributed by atoms with E-state index >= 15 is 0 Å². The van der Waals surface area contributed by atoms with Crippen molar-refractivity contribution < 1.29 is 17.6 Å². The molecule has 114 valence electrons. The molecule has 1 aliphatic heterocycles. The van der Waals surface area contributed by atoms with Gasteiger partial charge in [0.2, 0.25) is 0 Å². The van der Waals surface area contributed by atoms with Crippen molar-refractivity contribution in [3.05, 3.63) is 64.9 Å². The summed E-state index contributed by atoms with van der Waals surface area (Å²) in [6, 6.07) is 5.56. The van der Waals surface area contributed by atoms with E-state index in [1.54, 1.807) is 24.3 Å². The number of rotatable bonds is 1. The first-order valence-corrected chi connectivity index (χ1v) is 6.35. The molecule has 1 unspecified atom stereocenters. The molecule has 1 atom stereocenters. The minimum absolute atomic E-state index is 0.473. The Morgan fingerprint density at radius 3 is 2.45 bits per heavy atom. The summed E-state index contributed by atoms with van der Waals surface area (Å²) < 4.78 is 53.7. The van der Waals surface area contributed by atoms with Crippen molar-refractivity contribution in [3.63, 3.8) is 0 Å². The molecule has 0 bridgehead atoms. The van der Waals surface area contributed by atoms with Crippen LogP contribution in [0.4, 0.5) is 28.9 Å². The van der Waals surface area contributed by atoms with Crippen LogP contribution in [-0.2, 0) is 0 Å². The van der Waals surface area contributed by atoms with Crippen molar-refractivity contribution in [2.45, 2.75) is 6.17 Å². The molecule has 1 heterocycles. The Kier molecular flexibility index (Phi) is 3.29. The molecule has 0 saturated carbocycles. The smallest absolute Gasteiger partial charge is 0.199 e. The number of nitrogens with zero attached hydrogens (tertiary/aromatic N) is 1. The standard InChI is InChI=1S/C15H11F4N3/c16-9-6-11(13(18)14(19)12(9)17)22-5-4-7-8(15(22)21)2-1-3-10(7)20/h1-6,15H,20-21H2. The van der Waals surface area contributed by atoms with Gasteiger partial charge < -0.3 is 16.4 Å². The van der Waals surface area contributed by atoms with E-state index in [2.05, 4.69) is 0 Å². The van der Waals surface area contributed by atoms with Gasteiger partial charge in [0.1, 0.15) is 6.17 Å². The molecule has 1 aliphatic rings. The van der Waals surface area contributed by atoms with Crippen LogP contribution in [0.3, 0.4) is 0 Å². The van der Waals surface area contributed by atoms with E-state index in [9.17, 15) is 17.6 Å². The summed E-state index contributed by atoms with van der Waals surface area (Å²) in [7, 11) is 0. The van der Waals surface area contributed by atoms with Gasteiger partial charge in [-0.2, -0.15) is 0 Å². The maximum Gasteiger partial charge on any atom is 0.199 e. The van der Waals surface area contributed by atoms with E-state index in [0.29, 0.717) is 22.9 Å². The van der Waals surface area contributed by atoms with E-state index in [-0.39, 0.29) is 0 Å². The van der Waals surface area contributed by atoms with Gasteiger partial charge in [0.25, 0.3) is 0 Å². The fraction of sp³-hybridized carbons (Fsp3) is 0.0667. The molecule has 3 rings (SSSR count). The van der Waals surface area contributed by atoms with Crippen LogP contribution in [0.25, 0.3) is 6.08 Å². The van der Waals surface area contributed by atoms with E-state index in [0.717, 1.165) is 4.90 Å². The molecule has 22 heavy (non-hydrogen) atoms. The summed E-state index contributed by atoms with van der Waals surface area (Å²) in [6.07, 6.45) is 1.98. The number of fused-ring (bicyclic) bond motifs is 1. The molecule has 4 N–H and O–H groups in total. The number of hydrogen-bond donors (Lipinski definition) is 2. The van der Waals surface area contributed by atoms with Gasteiger partial charge in [0, 0.05) is 23.5 Å². The Morgan fingerprint density at radius 2 is 1.73 bits per heavy atom. The highest BCUT2D eigenvalue weighted by molar-refractivity contribution is 5.74. The molecule has 0 spiro atoms. The highest BCUT2D eigenvalue weighted by atomic mass is 19.2. The molecular weight excluding hydrogens is 298 g/mol. The molecule has 2 aromatic carbocycles. The fourth-order valence-corrected chi connectivity index (χ4v) is 2.43. The Morgan fingerprint density at radius 1 is 1.00 bits per heavy atom. The van der Waals surface area contributed by atoms with Gasteiger partial charge in [0.15, 0.2) is 23.3 Å². The van der Waals surface area contributed by atoms with Gasteiger partial charge in [-0.25, -0.2) is 17.6 Å². The lowest BCUT2D eigenvalue weighted by atomic mass is 9.99. The topological polar surface area (TPSA) is 55.3 Å². The predicted molar refractivity (Wildman–Crippen MR) is 75.6 cm³/mol. The van der Waals surface area contributed by atoms with Crippen LogP contribution < -0.4 is 16.4 Å². The number of anilines is 2. The van der Waals surface area contributed by atoms with E-state index in [1.165, 1.54) is 6.20 Å². The van der Waals surface area contributed by atoms with Crippen molar-refractivity contribution in [2.24, 2.45) is 5.73 Å². The molecule has 0 amide bonds. The fourth-order valence-electron chi connectivity index (χ4n) is 2.43. The number of halogens is 4. The third kappa shape index (κ3) is 2.01. The van der Waals surface area contributed by atoms with Crippen LogP contribution in [0.5, 0.6) is 0 Å². The predicted octanol–water partition coefficient (Wildman–Crippen LogP) is 3.27. The zero-order valence-corrected chi connectivity index (χ0v) is 11.2. The molecule has 0 fully saturated rings. The average molecular weight is 309 g/mol. The van der Waals surface area contributed by atoms with Crippen molar-refractivity contribution >= 4 is 17.5 Å². The first-order valence-electron chi connectivity index (χ1n) is 6.35. The van der Waals surface area contributed by atoms with Gasteiger partial charge in [-0.05, 0) is 17.7 Å². The molecule has 0 aliphatic carbocycles. The molecule has 3 nitrogen and oxygen atoms in total. The second-order valence-electron chi connectivity index (χ2n) is 4.84. The molecule has 0 aromatic heterocycles. The summed E-state index contributed by atoms with van der Waals surface area (Å²) in [4.78, 5) is 1.11. The number of hydrogen-bond acceptors (Lipinski definition) is 3. The number of nitrogen functional groups attached to an aromatic ring is 1. The van der Waals surface area contributed by atoms with Gasteiger partial charge in [0.05, 0.1) is 5.69 Å². The monoisotopic (exact) mass is 309 g/mol. The molecule has 0 radical (unpaired) electrons. The molecule has 0 saturated heterocycles. The quantitative estimate of drug-likeness (QED) is 0.368. The third-order valence-electron chi connectivity index (χ3n) is 3.56. The SMILES string of the molecule is Nc1cccc2c1C=CN(c1cc(F)c(F)c(F)c1F)C2N. The van der Waals surface area contributed by atoms with Gasteiger partial charge in [-0.3, -0.25) is 0 Å². The van der Waals surface area contributed by atoms with Crippen molar-refractivity contribution in [2.75, 3.05) is 10.6 Å². The largest absolute Gasteiger partial charge is 0.398 e. The molecular formula is C15H11F4N3. The van der Waals surface area contributed by atoms with Gasteiger partial charge in [-0.1, -0.05) is 12.1 Å². The number of benzene rings is 2. The van der Waals surface area contributed by atoms with Crippen LogP contribution in [0, 0.1) is 23.3 Å². The second-order valence-corrected chi connectivity index (χ2v) is 4.84. The average Bonchev–Trinajstić information content (AvgIpc) is 2.50. The summed E-state index contributed by atoms with van der Waals surface area (Å²) in [5, 5.41) is 0.